The molecule has 0 atom stereocenters. The number of allylic oxidation sites excluding steroid dienone is 1. The van der Waals surface area contributed by atoms with Gasteiger partial charge in [-0.15, -0.1) is 0 Å². The van der Waals surface area contributed by atoms with Gasteiger partial charge in [-0.2, -0.15) is 0 Å². The summed E-state index contributed by atoms with van der Waals surface area (Å²) in [6.07, 6.45) is 4.26. The second kappa shape index (κ2) is 8.91. The molecule has 3 heteroatoms. The third kappa shape index (κ3) is 5.09. The maximum Gasteiger partial charge on any atom is 0.141 e. The molecule has 0 aliphatic rings. The van der Waals surface area contributed by atoms with Crippen LogP contribution in [0.25, 0.3) is 5.57 Å². The van der Waals surface area contributed by atoms with Crippen molar-refractivity contribution in [2.24, 2.45) is 0 Å². The van der Waals surface area contributed by atoms with Gasteiger partial charge in [-0.1, -0.05) is 44.9 Å². The van der Waals surface area contributed by atoms with Crippen molar-refractivity contribution in [1.29, 1.82) is 0 Å². The zero-order valence-corrected chi connectivity index (χ0v) is 13.6. The molecule has 0 spiro atoms. The molecule has 0 unspecified atom stereocenters. The smallest absolute Gasteiger partial charge is 0.141 e. The molecule has 0 fully saturated rings. The average Bonchev–Trinajstić information content (AvgIpc) is 2.41. The fourth-order valence-electron chi connectivity index (χ4n) is 1.75. The molecule has 0 saturated carbocycles. The van der Waals surface area contributed by atoms with Crippen LogP contribution in [0.1, 0.15) is 52.0 Å². The molecule has 0 heterocycles. The number of rotatable bonds is 9. The van der Waals surface area contributed by atoms with Crippen molar-refractivity contribution >= 4 is 17.2 Å². The molecule has 0 aromatic heterocycles. The van der Waals surface area contributed by atoms with Gasteiger partial charge in [0.05, 0.1) is 18.2 Å². The Labute approximate surface area is 127 Å². The van der Waals surface area contributed by atoms with E-state index >= 15 is 0 Å². The minimum absolute atomic E-state index is 0.613. The number of unbranched alkanes of at least 4 members (excludes halogenated alkanes) is 2. The van der Waals surface area contributed by atoms with E-state index in [-0.39, 0.29) is 0 Å². The molecule has 2 nitrogen and oxygen atoms in total. The molecule has 0 radical (unpaired) electrons. The van der Waals surface area contributed by atoms with E-state index in [4.69, 9.17) is 21.1 Å². The van der Waals surface area contributed by atoms with Gasteiger partial charge in [-0.3, -0.25) is 0 Å². The molecule has 0 N–H and O–H groups in total. The second-order valence-electron chi connectivity index (χ2n) is 4.96. The van der Waals surface area contributed by atoms with Crippen LogP contribution in [0.15, 0.2) is 18.7 Å². The van der Waals surface area contributed by atoms with Gasteiger partial charge in [0.25, 0.3) is 0 Å². The van der Waals surface area contributed by atoms with Crippen LogP contribution in [0.3, 0.4) is 0 Å². The zero-order chi connectivity index (χ0) is 15.0. The van der Waals surface area contributed by atoms with Crippen molar-refractivity contribution in [2.45, 2.75) is 46.5 Å². The molecular formula is C17H25ClO2. The van der Waals surface area contributed by atoms with Gasteiger partial charge >= 0.3 is 0 Å². The standard InChI is InChI=1S/C17H25ClO2/c1-5-7-9-19-16-12-17(20-10-8-6-2)15(18)11-14(16)13(3)4/h11-12H,3,5-10H2,1-2,4H3. The van der Waals surface area contributed by atoms with Crippen molar-refractivity contribution in [3.63, 3.8) is 0 Å². The monoisotopic (exact) mass is 296 g/mol. The summed E-state index contributed by atoms with van der Waals surface area (Å²) in [5, 5.41) is 0.613. The third-order valence-corrected chi connectivity index (χ3v) is 3.30. The Morgan fingerprint density at radius 3 is 2.10 bits per heavy atom. The third-order valence-electron chi connectivity index (χ3n) is 3.00. The normalized spacial score (nSPS) is 10.4. The summed E-state index contributed by atoms with van der Waals surface area (Å²) in [7, 11) is 0. The first kappa shape index (κ1) is 16.9. The van der Waals surface area contributed by atoms with E-state index in [2.05, 4.69) is 20.4 Å². The van der Waals surface area contributed by atoms with Gasteiger partial charge in [0.15, 0.2) is 0 Å². The summed E-state index contributed by atoms with van der Waals surface area (Å²) < 4.78 is 11.6. The number of halogens is 1. The fourth-order valence-corrected chi connectivity index (χ4v) is 1.97. The molecule has 0 amide bonds. The first-order valence-corrected chi connectivity index (χ1v) is 7.73. The lowest BCUT2D eigenvalue weighted by Gasteiger charge is -2.15. The Kier molecular flexibility index (Phi) is 7.53. The number of hydrogen-bond acceptors (Lipinski definition) is 2. The highest BCUT2D eigenvalue weighted by molar-refractivity contribution is 6.32. The van der Waals surface area contributed by atoms with Crippen LogP contribution >= 0.6 is 11.6 Å². The molecule has 0 aliphatic carbocycles. The number of hydrogen-bond donors (Lipinski definition) is 0. The Morgan fingerprint density at radius 2 is 1.60 bits per heavy atom. The summed E-state index contributed by atoms with van der Waals surface area (Å²) in [5.41, 5.74) is 1.90. The van der Waals surface area contributed by atoms with Gasteiger partial charge < -0.3 is 9.47 Å². The first-order valence-electron chi connectivity index (χ1n) is 7.35. The van der Waals surface area contributed by atoms with E-state index in [1.807, 2.05) is 19.1 Å². The van der Waals surface area contributed by atoms with E-state index in [0.717, 1.165) is 42.6 Å². The molecule has 0 saturated heterocycles. The fraction of sp³-hybridized carbons (Fsp3) is 0.529. The summed E-state index contributed by atoms with van der Waals surface area (Å²) in [4.78, 5) is 0. The largest absolute Gasteiger partial charge is 0.493 e. The van der Waals surface area contributed by atoms with Crippen molar-refractivity contribution in [2.75, 3.05) is 13.2 Å². The summed E-state index contributed by atoms with van der Waals surface area (Å²) >= 11 is 6.26. The van der Waals surface area contributed by atoms with Gasteiger partial charge in [0, 0.05) is 11.6 Å². The molecule has 1 aromatic rings. The first-order chi connectivity index (χ1) is 9.60. The number of benzene rings is 1. The quantitative estimate of drug-likeness (QED) is 0.542. The maximum atomic E-state index is 6.26. The van der Waals surface area contributed by atoms with Crippen molar-refractivity contribution in [3.8, 4) is 11.5 Å². The van der Waals surface area contributed by atoms with Gasteiger partial charge in [0.1, 0.15) is 11.5 Å². The highest BCUT2D eigenvalue weighted by Crippen LogP contribution is 2.36. The van der Waals surface area contributed by atoms with E-state index in [9.17, 15) is 0 Å². The van der Waals surface area contributed by atoms with Gasteiger partial charge in [-0.25, -0.2) is 0 Å². The molecule has 1 rings (SSSR count). The van der Waals surface area contributed by atoms with Crippen LogP contribution in [-0.2, 0) is 0 Å². The van der Waals surface area contributed by atoms with E-state index in [1.165, 1.54) is 0 Å². The highest BCUT2D eigenvalue weighted by Gasteiger charge is 2.11. The van der Waals surface area contributed by atoms with Crippen LogP contribution in [0.4, 0.5) is 0 Å². The minimum atomic E-state index is 0.613. The Bertz CT molecular complexity index is 441. The van der Waals surface area contributed by atoms with Crippen LogP contribution < -0.4 is 9.47 Å². The predicted octanol–water partition coefficient (Wildman–Crippen LogP) is 5.73. The van der Waals surface area contributed by atoms with E-state index < -0.39 is 0 Å². The lowest BCUT2D eigenvalue weighted by Crippen LogP contribution is -2.02. The van der Waals surface area contributed by atoms with Crippen LogP contribution in [0.2, 0.25) is 5.02 Å². The van der Waals surface area contributed by atoms with Gasteiger partial charge in [0.2, 0.25) is 0 Å². The second-order valence-corrected chi connectivity index (χ2v) is 5.37. The summed E-state index contributed by atoms with van der Waals surface area (Å²) in [5.74, 6) is 1.50. The summed E-state index contributed by atoms with van der Waals surface area (Å²) in [6, 6.07) is 3.77. The maximum absolute atomic E-state index is 6.26. The molecule has 1 aromatic carbocycles. The predicted molar refractivity (Wildman–Crippen MR) is 87.0 cm³/mol. The van der Waals surface area contributed by atoms with Gasteiger partial charge in [-0.05, 0) is 31.4 Å². The molecule has 0 aliphatic heterocycles. The molecular weight excluding hydrogens is 272 g/mol. The van der Waals surface area contributed by atoms with Crippen molar-refractivity contribution in [3.05, 3.63) is 29.3 Å². The Balaban J connectivity index is 2.91. The Hall–Kier alpha value is -1.15. The van der Waals surface area contributed by atoms with Crippen LogP contribution in [0, 0.1) is 0 Å². The molecule has 112 valence electrons. The highest BCUT2D eigenvalue weighted by atomic mass is 35.5. The van der Waals surface area contributed by atoms with Crippen LogP contribution in [0.5, 0.6) is 11.5 Å². The minimum Gasteiger partial charge on any atom is -0.493 e. The Morgan fingerprint density at radius 1 is 1.05 bits per heavy atom. The van der Waals surface area contributed by atoms with E-state index in [0.29, 0.717) is 24.0 Å². The number of ether oxygens (including phenoxy) is 2. The lowest BCUT2D eigenvalue weighted by atomic mass is 10.1. The van der Waals surface area contributed by atoms with Crippen LogP contribution in [-0.4, -0.2) is 13.2 Å². The lowest BCUT2D eigenvalue weighted by molar-refractivity contribution is 0.294. The zero-order valence-electron chi connectivity index (χ0n) is 12.8. The summed E-state index contributed by atoms with van der Waals surface area (Å²) in [6.45, 7) is 11.6. The molecule has 0 bridgehead atoms. The molecule has 20 heavy (non-hydrogen) atoms. The SMILES string of the molecule is C=C(C)c1cc(Cl)c(OCCCC)cc1OCCCC. The average molecular weight is 297 g/mol. The van der Waals surface area contributed by atoms with Crippen molar-refractivity contribution < 1.29 is 9.47 Å². The topological polar surface area (TPSA) is 18.5 Å². The van der Waals surface area contributed by atoms with E-state index in [1.54, 1.807) is 0 Å². The van der Waals surface area contributed by atoms with Crippen molar-refractivity contribution in [1.82, 2.24) is 0 Å².